The van der Waals surface area contributed by atoms with Crippen LogP contribution in [-0.4, -0.2) is 4.98 Å². The minimum absolute atomic E-state index is 0.465. The first-order valence-corrected chi connectivity index (χ1v) is 9.90. The normalized spacial score (nSPS) is 11.2. The highest BCUT2D eigenvalue weighted by atomic mass is 35.5. The van der Waals surface area contributed by atoms with Crippen molar-refractivity contribution in [3.8, 4) is 22.3 Å². The second kappa shape index (κ2) is 7.10. The Labute approximate surface area is 169 Å². The number of nitrogens with zero attached hydrogens (tertiary/aromatic N) is 1. The molecule has 0 bridgehead atoms. The molecule has 0 spiro atoms. The maximum atomic E-state index is 6.36. The van der Waals surface area contributed by atoms with Gasteiger partial charge in [0, 0.05) is 16.7 Å². The summed E-state index contributed by atoms with van der Waals surface area (Å²) in [6.45, 7) is 0. The van der Waals surface area contributed by atoms with E-state index < -0.39 is 0 Å². The van der Waals surface area contributed by atoms with Crippen LogP contribution < -0.4 is 0 Å². The Morgan fingerprint density at radius 2 is 1.18 bits per heavy atom. The zero-order valence-corrected chi connectivity index (χ0v) is 16.0. The molecule has 0 aliphatic rings. The highest BCUT2D eigenvalue weighted by molar-refractivity contribution is 6.19. The summed E-state index contributed by atoms with van der Waals surface area (Å²) >= 11 is 6.36. The fourth-order valence-electron chi connectivity index (χ4n) is 3.81. The second-order valence-electron chi connectivity index (χ2n) is 6.92. The van der Waals surface area contributed by atoms with Gasteiger partial charge in [0.2, 0.25) is 0 Å². The molecule has 5 rings (SSSR count). The van der Waals surface area contributed by atoms with Crippen molar-refractivity contribution in [3.05, 3.63) is 103 Å². The summed E-state index contributed by atoms with van der Waals surface area (Å²) in [7, 11) is 0. The third kappa shape index (κ3) is 2.94. The molecule has 5 aromatic rings. The van der Waals surface area contributed by atoms with Gasteiger partial charge >= 0.3 is 0 Å². The molecule has 0 radical (unpaired) electrons. The number of para-hydroxylation sites is 1. The van der Waals surface area contributed by atoms with Crippen LogP contribution in [0.15, 0.2) is 97.1 Å². The first-order valence-electron chi connectivity index (χ1n) is 9.37. The van der Waals surface area contributed by atoms with E-state index >= 15 is 0 Å². The Hall–Kier alpha value is -3.16. The summed E-state index contributed by atoms with van der Waals surface area (Å²) < 4.78 is 0. The molecule has 0 aliphatic heterocycles. The van der Waals surface area contributed by atoms with Crippen molar-refractivity contribution >= 4 is 33.4 Å². The summed E-state index contributed by atoms with van der Waals surface area (Å²) in [5.41, 5.74) is 7.92. The van der Waals surface area contributed by atoms with Gasteiger partial charge < -0.3 is 0 Å². The van der Waals surface area contributed by atoms with Gasteiger partial charge in [-0.05, 0) is 52.1 Å². The first kappa shape index (κ1) is 17.0. The van der Waals surface area contributed by atoms with Gasteiger partial charge in [0.1, 0.15) is 0 Å². The third-order valence-electron chi connectivity index (χ3n) is 5.23. The number of hydrogen-bond donors (Lipinski definition) is 0. The van der Waals surface area contributed by atoms with Crippen molar-refractivity contribution in [2.75, 3.05) is 0 Å². The van der Waals surface area contributed by atoms with Gasteiger partial charge in [-0.2, -0.15) is 0 Å². The van der Waals surface area contributed by atoms with Gasteiger partial charge in [-0.3, -0.25) is 0 Å². The van der Waals surface area contributed by atoms with Crippen molar-refractivity contribution in [1.82, 2.24) is 4.98 Å². The molecule has 0 aliphatic carbocycles. The molecule has 1 nitrogen and oxygen atoms in total. The predicted octanol–water partition coefficient (Wildman–Crippen LogP) is 7.46. The van der Waals surface area contributed by atoms with Crippen LogP contribution in [0.5, 0.6) is 0 Å². The van der Waals surface area contributed by atoms with E-state index in [9.17, 15) is 0 Å². The molecule has 0 saturated carbocycles. The van der Waals surface area contributed by atoms with Crippen molar-refractivity contribution < 1.29 is 0 Å². The zero-order valence-electron chi connectivity index (χ0n) is 15.3. The third-order valence-corrected chi connectivity index (χ3v) is 5.50. The summed E-state index contributed by atoms with van der Waals surface area (Å²) in [5, 5.41) is 2.25. The average Bonchev–Trinajstić information content (AvgIpc) is 2.78. The maximum absolute atomic E-state index is 6.36. The van der Waals surface area contributed by atoms with Crippen molar-refractivity contribution in [2.24, 2.45) is 0 Å². The fourth-order valence-corrected chi connectivity index (χ4v) is 4.10. The van der Waals surface area contributed by atoms with Crippen LogP contribution in [0.4, 0.5) is 0 Å². The van der Waals surface area contributed by atoms with E-state index in [4.69, 9.17) is 16.6 Å². The second-order valence-corrected chi connectivity index (χ2v) is 7.19. The molecular weight excluding hydrogens is 362 g/mol. The quantitative estimate of drug-likeness (QED) is 0.234. The SMILES string of the molecule is ClCc1c2ccccc2nc2ccc(-c3cccc(-c4ccccc4)c3)cc12. The lowest BCUT2D eigenvalue weighted by atomic mass is 9.96. The van der Waals surface area contributed by atoms with Crippen LogP contribution in [0.2, 0.25) is 0 Å². The Kier molecular flexibility index (Phi) is 4.31. The number of benzene rings is 4. The number of alkyl halides is 1. The predicted molar refractivity (Wildman–Crippen MR) is 120 cm³/mol. The molecular formula is C26H18ClN. The van der Waals surface area contributed by atoms with Gasteiger partial charge in [0.05, 0.1) is 11.0 Å². The van der Waals surface area contributed by atoms with Gasteiger partial charge in [0.15, 0.2) is 0 Å². The molecule has 0 fully saturated rings. The lowest BCUT2D eigenvalue weighted by molar-refractivity contribution is 1.42. The molecule has 2 heteroatoms. The van der Waals surface area contributed by atoms with Crippen molar-refractivity contribution in [2.45, 2.75) is 5.88 Å². The maximum Gasteiger partial charge on any atom is 0.0713 e. The minimum Gasteiger partial charge on any atom is -0.248 e. The average molecular weight is 380 g/mol. The molecule has 28 heavy (non-hydrogen) atoms. The number of halogens is 1. The molecule has 134 valence electrons. The van der Waals surface area contributed by atoms with Gasteiger partial charge in [-0.15, -0.1) is 11.6 Å². The van der Waals surface area contributed by atoms with Crippen molar-refractivity contribution in [1.29, 1.82) is 0 Å². The van der Waals surface area contributed by atoms with Gasteiger partial charge in [-0.25, -0.2) is 4.98 Å². The topological polar surface area (TPSA) is 12.9 Å². The van der Waals surface area contributed by atoms with E-state index in [0.717, 1.165) is 27.4 Å². The van der Waals surface area contributed by atoms with Crippen LogP contribution in [0, 0.1) is 0 Å². The largest absolute Gasteiger partial charge is 0.248 e. The summed E-state index contributed by atoms with van der Waals surface area (Å²) in [6, 6.07) is 33.8. The molecule has 0 saturated heterocycles. The highest BCUT2D eigenvalue weighted by Gasteiger charge is 2.10. The van der Waals surface area contributed by atoms with Crippen LogP contribution in [-0.2, 0) is 5.88 Å². The summed E-state index contributed by atoms with van der Waals surface area (Å²) in [4.78, 5) is 4.83. The Balaban J connectivity index is 1.69. The molecule has 0 atom stereocenters. The molecule has 1 aromatic heterocycles. The zero-order chi connectivity index (χ0) is 18.9. The summed E-state index contributed by atoms with van der Waals surface area (Å²) in [5.74, 6) is 0.465. The summed E-state index contributed by atoms with van der Waals surface area (Å²) in [6.07, 6.45) is 0. The Bertz CT molecular complexity index is 1290. The van der Waals surface area contributed by atoms with Crippen LogP contribution >= 0.6 is 11.6 Å². The monoisotopic (exact) mass is 379 g/mol. The number of aromatic nitrogens is 1. The standard InChI is InChI=1S/C26H18ClN/c27-17-24-22-11-4-5-12-25(22)28-26-14-13-21(16-23(24)26)20-10-6-9-19(15-20)18-7-2-1-3-8-18/h1-16H,17H2. The van der Waals surface area contributed by atoms with E-state index in [-0.39, 0.29) is 0 Å². The minimum atomic E-state index is 0.465. The van der Waals surface area contributed by atoms with Gasteiger partial charge in [0.25, 0.3) is 0 Å². The van der Waals surface area contributed by atoms with E-state index in [1.807, 2.05) is 24.3 Å². The lowest BCUT2D eigenvalue weighted by Crippen LogP contribution is -1.91. The number of rotatable bonds is 3. The number of pyridine rings is 1. The Morgan fingerprint density at radius 3 is 2.00 bits per heavy atom. The molecule has 0 N–H and O–H groups in total. The van der Waals surface area contributed by atoms with Gasteiger partial charge in [-0.1, -0.05) is 72.8 Å². The van der Waals surface area contributed by atoms with E-state index in [2.05, 4.69) is 72.8 Å². The van der Waals surface area contributed by atoms with Crippen LogP contribution in [0.3, 0.4) is 0 Å². The molecule has 0 amide bonds. The smallest absolute Gasteiger partial charge is 0.0713 e. The van der Waals surface area contributed by atoms with E-state index in [1.54, 1.807) is 0 Å². The van der Waals surface area contributed by atoms with Crippen molar-refractivity contribution in [3.63, 3.8) is 0 Å². The van der Waals surface area contributed by atoms with E-state index in [0.29, 0.717) is 5.88 Å². The first-order chi connectivity index (χ1) is 13.8. The van der Waals surface area contributed by atoms with E-state index in [1.165, 1.54) is 22.3 Å². The Morgan fingerprint density at radius 1 is 0.536 bits per heavy atom. The molecule has 1 heterocycles. The lowest BCUT2D eigenvalue weighted by Gasteiger charge is -2.11. The number of hydrogen-bond acceptors (Lipinski definition) is 1. The fraction of sp³-hybridized carbons (Fsp3) is 0.0385. The molecule has 0 unspecified atom stereocenters. The van der Waals surface area contributed by atoms with Crippen LogP contribution in [0.1, 0.15) is 5.56 Å². The molecule has 4 aromatic carbocycles. The van der Waals surface area contributed by atoms with Crippen LogP contribution in [0.25, 0.3) is 44.1 Å². The number of fused-ring (bicyclic) bond motifs is 2. The highest BCUT2D eigenvalue weighted by Crippen LogP contribution is 2.32.